The second-order valence-electron chi connectivity index (χ2n) is 5.71. The van der Waals surface area contributed by atoms with Crippen LogP contribution in [0.4, 0.5) is 0 Å². The van der Waals surface area contributed by atoms with E-state index in [0.717, 1.165) is 22.6 Å². The number of aryl methyl sites for hydroxylation is 2. The van der Waals surface area contributed by atoms with Gasteiger partial charge in [-0.15, -0.1) is 0 Å². The van der Waals surface area contributed by atoms with E-state index in [9.17, 15) is 9.59 Å². The summed E-state index contributed by atoms with van der Waals surface area (Å²) < 4.78 is 2.05. The van der Waals surface area contributed by atoms with Gasteiger partial charge in [-0.2, -0.15) is 0 Å². The van der Waals surface area contributed by atoms with Gasteiger partial charge in [-0.05, 0) is 51.0 Å². The van der Waals surface area contributed by atoms with Gasteiger partial charge in [0.25, 0.3) is 5.91 Å². The molecule has 1 amide bonds. The van der Waals surface area contributed by atoms with Crippen molar-refractivity contribution in [2.24, 2.45) is 0 Å². The van der Waals surface area contributed by atoms with Crippen LogP contribution in [0.15, 0.2) is 30.3 Å². The molecule has 0 unspecified atom stereocenters. The third-order valence-electron chi connectivity index (χ3n) is 3.79. The zero-order chi connectivity index (χ0) is 17.0. The Morgan fingerprint density at radius 2 is 1.91 bits per heavy atom. The molecule has 2 rings (SSSR count). The number of hydrogen-bond donors (Lipinski definition) is 2. The summed E-state index contributed by atoms with van der Waals surface area (Å²) in [5.41, 5.74) is 4.69. The summed E-state index contributed by atoms with van der Waals surface area (Å²) in [5.74, 6) is -1.01. The highest BCUT2D eigenvalue weighted by Gasteiger charge is 2.16. The van der Waals surface area contributed by atoms with Crippen LogP contribution in [0.5, 0.6) is 0 Å². The fraction of sp³-hybridized carbons (Fsp3) is 0.333. The van der Waals surface area contributed by atoms with Gasteiger partial charge in [0.15, 0.2) is 0 Å². The molecule has 0 bridgehead atoms. The maximum atomic E-state index is 12.3. The Morgan fingerprint density at radius 1 is 1.17 bits per heavy atom. The van der Waals surface area contributed by atoms with Crippen LogP contribution < -0.4 is 5.32 Å². The molecule has 0 saturated heterocycles. The zero-order valence-corrected chi connectivity index (χ0v) is 13.7. The SMILES string of the molecule is Cc1cccc(-n2c(C)cc(C(=O)NCCCC(=O)O)c2C)c1. The minimum absolute atomic E-state index is 0.0581. The van der Waals surface area contributed by atoms with Crippen LogP contribution in [0.3, 0.4) is 0 Å². The molecule has 1 heterocycles. The van der Waals surface area contributed by atoms with E-state index in [2.05, 4.69) is 16.0 Å². The van der Waals surface area contributed by atoms with E-state index >= 15 is 0 Å². The van der Waals surface area contributed by atoms with Gasteiger partial charge in [-0.1, -0.05) is 12.1 Å². The van der Waals surface area contributed by atoms with E-state index in [0.29, 0.717) is 18.5 Å². The van der Waals surface area contributed by atoms with Crippen LogP contribution >= 0.6 is 0 Å². The standard InChI is InChI=1S/C18H22N2O3/c1-12-6-4-7-15(10-12)20-13(2)11-16(14(20)3)18(23)19-9-5-8-17(21)22/h4,6-7,10-11H,5,8-9H2,1-3H3,(H,19,23)(H,21,22). The first-order valence-electron chi connectivity index (χ1n) is 7.66. The van der Waals surface area contributed by atoms with Gasteiger partial charge in [0, 0.05) is 30.0 Å². The number of hydrogen-bond acceptors (Lipinski definition) is 2. The number of rotatable bonds is 6. The molecule has 1 aromatic heterocycles. The van der Waals surface area contributed by atoms with Gasteiger partial charge < -0.3 is 15.0 Å². The van der Waals surface area contributed by atoms with Crippen molar-refractivity contribution in [3.05, 3.63) is 52.8 Å². The summed E-state index contributed by atoms with van der Waals surface area (Å²) in [5, 5.41) is 11.4. The fourth-order valence-electron chi connectivity index (χ4n) is 2.69. The molecular weight excluding hydrogens is 292 g/mol. The number of carbonyl (C=O) groups is 2. The lowest BCUT2D eigenvalue weighted by atomic mass is 10.2. The van der Waals surface area contributed by atoms with Crippen molar-refractivity contribution < 1.29 is 14.7 Å². The summed E-state index contributed by atoms with van der Waals surface area (Å²) in [6.45, 7) is 6.28. The van der Waals surface area contributed by atoms with Gasteiger partial charge >= 0.3 is 5.97 Å². The van der Waals surface area contributed by atoms with E-state index in [1.807, 2.05) is 45.0 Å². The van der Waals surface area contributed by atoms with Crippen LogP contribution in [0.2, 0.25) is 0 Å². The molecule has 0 aliphatic heterocycles. The molecule has 0 radical (unpaired) electrons. The lowest BCUT2D eigenvalue weighted by molar-refractivity contribution is -0.137. The molecule has 0 spiro atoms. The number of benzene rings is 1. The molecular formula is C18H22N2O3. The van der Waals surface area contributed by atoms with Gasteiger partial charge in [-0.25, -0.2) is 0 Å². The van der Waals surface area contributed by atoms with Crippen molar-refractivity contribution in [1.29, 1.82) is 0 Å². The number of nitrogens with one attached hydrogen (secondary N) is 1. The van der Waals surface area contributed by atoms with Crippen molar-refractivity contribution >= 4 is 11.9 Å². The van der Waals surface area contributed by atoms with E-state index in [-0.39, 0.29) is 12.3 Å². The summed E-state index contributed by atoms with van der Waals surface area (Å²) >= 11 is 0. The average Bonchev–Trinajstić information content (AvgIpc) is 2.78. The largest absolute Gasteiger partial charge is 0.481 e. The van der Waals surface area contributed by atoms with Gasteiger partial charge in [0.05, 0.1) is 5.56 Å². The van der Waals surface area contributed by atoms with E-state index in [1.54, 1.807) is 0 Å². The Morgan fingerprint density at radius 3 is 2.57 bits per heavy atom. The summed E-state index contributed by atoms with van der Waals surface area (Å²) in [7, 11) is 0. The highest BCUT2D eigenvalue weighted by molar-refractivity contribution is 5.95. The maximum absolute atomic E-state index is 12.3. The van der Waals surface area contributed by atoms with Crippen LogP contribution in [0.1, 0.15) is 40.2 Å². The highest BCUT2D eigenvalue weighted by atomic mass is 16.4. The van der Waals surface area contributed by atoms with Gasteiger partial charge in [-0.3, -0.25) is 9.59 Å². The molecule has 1 aromatic carbocycles. The molecule has 2 aromatic rings. The third kappa shape index (κ3) is 4.00. The number of carbonyl (C=O) groups excluding carboxylic acids is 1. The normalized spacial score (nSPS) is 10.6. The lowest BCUT2D eigenvalue weighted by Gasteiger charge is -2.11. The number of carboxylic acid groups (broad SMARTS) is 1. The Balaban J connectivity index is 2.17. The Labute approximate surface area is 135 Å². The molecule has 122 valence electrons. The van der Waals surface area contributed by atoms with Crippen molar-refractivity contribution in [2.45, 2.75) is 33.6 Å². The number of aliphatic carboxylic acids is 1. The average molecular weight is 314 g/mol. The molecule has 0 atom stereocenters. The smallest absolute Gasteiger partial charge is 0.303 e. The summed E-state index contributed by atoms with van der Waals surface area (Å²) in [6, 6.07) is 9.99. The molecule has 0 saturated carbocycles. The molecule has 0 fully saturated rings. The number of nitrogens with zero attached hydrogens (tertiary/aromatic N) is 1. The molecule has 0 aliphatic rings. The predicted octanol–water partition coefficient (Wildman–Crippen LogP) is 3.00. The van der Waals surface area contributed by atoms with Gasteiger partial charge in [0.1, 0.15) is 0 Å². The zero-order valence-electron chi connectivity index (χ0n) is 13.7. The van der Waals surface area contributed by atoms with Crippen molar-refractivity contribution in [1.82, 2.24) is 9.88 Å². The first-order chi connectivity index (χ1) is 10.9. The minimum Gasteiger partial charge on any atom is -0.481 e. The van der Waals surface area contributed by atoms with Crippen LogP contribution in [0.25, 0.3) is 5.69 Å². The molecule has 2 N–H and O–H groups in total. The molecule has 5 heteroatoms. The molecule has 0 aliphatic carbocycles. The van der Waals surface area contributed by atoms with Crippen LogP contribution in [0, 0.1) is 20.8 Å². The fourth-order valence-corrected chi connectivity index (χ4v) is 2.69. The minimum atomic E-state index is -0.850. The number of carboxylic acids is 1. The monoisotopic (exact) mass is 314 g/mol. The predicted molar refractivity (Wildman–Crippen MR) is 89.2 cm³/mol. The second kappa shape index (κ2) is 7.13. The van der Waals surface area contributed by atoms with Crippen molar-refractivity contribution in [3.8, 4) is 5.69 Å². The topological polar surface area (TPSA) is 71.3 Å². The quantitative estimate of drug-likeness (QED) is 0.805. The number of amides is 1. The molecule has 23 heavy (non-hydrogen) atoms. The van der Waals surface area contributed by atoms with E-state index in [1.165, 1.54) is 0 Å². The molecule has 5 nitrogen and oxygen atoms in total. The summed E-state index contributed by atoms with van der Waals surface area (Å²) in [6.07, 6.45) is 0.486. The third-order valence-corrected chi connectivity index (χ3v) is 3.79. The van der Waals surface area contributed by atoms with E-state index in [4.69, 9.17) is 5.11 Å². The van der Waals surface area contributed by atoms with E-state index < -0.39 is 5.97 Å². The van der Waals surface area contributed by atoms with Gasteiger partial charge in [0.2, 0.25) is 0 Å². The maximum Gasteiger partial charge on any atom is 0.303 e. The lowest BCUT2D eigenvalue weighted by Crippen LogP contribution is -2.25. The van der Waals surface area contributed by atoms with Crippen LogP contribution in [-0.2, 0) is 4.79 Å². The number of aromatic nitrogens is 1. The first kappa shape index (κ1) is 16.8. The first-order valence-corrected chi connectivity index (χ1v) is 7.66. The Bertz CT molecular complexity index is 732. The van der Waals surface area contributed by atoms with Crippen molar-refractivity contribution in [2.75, 3.05) is 6.54 Å². The van der Waals surface area contributed by atoms with Crippen LogP contribution in [-0.4, -0.2) is 28.1 Å². The van der Waals surface area contributed by atoms with Crippen molar-refractivity contribution in [3.63, 3.8) is 0 Å². The highest BCUT2D eigenvalue weighted by Crippen LogP contribution is 2.21. The summed E-state index contributed by atoms with van der Waals surface area (Å²) in [4.78, 5) is 22.8. The Hall–Kier alpha value is -2.56. The second-order valence-corrected chi connectivity index (χ2v) is 5.71. The Kier molecular flexibility index (Phi) is 5.21.